The Kier molecular flexibility index (Phi) is 9.97. The number of ketones is 3. The Hall–Kier alpha value is -1.66. The maximum absolute atomic E-state index is 10.9. The quantitative estimate of drug-likeness (QED) is 0.217. The SMILES string of the molecule is CC(O)C(=O)C(=O)C(=O)C(C)OO.CC=C=O. The molecule has 0 aliphatic carbocycles. The molecule has 0 heterocycles. The summed E-state index contributed by atoms with van der Waals surface area (Å²) in [6.07, 6.45) is -1.60. The minimum absolute atomic E-state index is 1.07. The van der Waals surface area contributed by atoms with Crippen molar-refractivity contribution in [2.24, 2.45) is 0 Å². The van der Waals surface area contributed by atoms with Crippen LogP contribution in [0, 0.1) is 0 Å². The van der Waals surface area contributed by atoms with Crippen molar-refractivity contribution in [3.63, 3.8) is 0 Å². The third kappa shape index (κ3) is 7.26. The fourth-order valence-electron chi connectivity index (χ4n) is 0.544. The van der Waals surface area contributed by atoms with Crippen LogP contribution < -0.4 is 0 Å². The van der Waals surface area contributed by atoms with E-state index in [-0.39, 0.29) is 0 Å². The highest BCUT2D eigenvalue weighted by Crippen LogP contribution is 1.95. The zero-order valence-corrected chi connectivity index (χ0v) is 9.67. The van der Waals surface area contributed by atoms with Crippen LogP contribution in [0.1, 0.15) is 20.8 Å². The molecule has 0 aliphatic rings. The standard InChI is InChI=1S/C7H10O6.C3H4O/c1-3(8)5(9)7(11)6(10)4(2)13-12;1-2-3-4/h3-4,8,12H,1-2H3;2H,1H3. The van der Waals surface area contributed by atoms with Crippen LogP contribution >= 0.6 is 0 Å². The first kappa shape index (κ1) is 17.7. The lowest BCUT2D eigenvalue weighted by atomic mass is 10.1. The van der Waals surface area contributed by atoms with E-state index < -0.39 is 29.6 Å². The van der Waals surface area contributed by atoms with Crippen LogP contribution in [0.25, 0.3) is 0 Å². The topological polar surface area (TPSA) is 118 Å². The number of rotatable bonds is 5. The summed E-state index contributed by atoms with van der Waals surface area (Å²) in [5.74, 6) is -2.22. The van der Waals surface area contributed by atoms with Crippen molar-refractivity contribution in [3.8, 4) is 0 Å². The molecule has 7 heteroatoms. The predicted molar refractivity (Wildman–Crippen MR) is 55.8 cm³/mol. The third-order valence-corrected chi connectivity index (χ3v) is 1.47. The van der Waals surface area contributed by atoms with Crippen molar-refractivity contribution in [1.82, 2.24) is 0 Å². The third-order valence-electron chi connectivity index (χ3n) is 1.47. The summed E-state index contributed by atoms with van der Waals surface area (Å²) in [4.78, 5) is 45.0. The van der Waals surface area contributed by atoms with Gasteiger partial charge in [0.1, 0.15) is 12.0 Å². The molecule has 96 valence electrons. The lowest BCUT2D eigenvalue weighted by molar-refractivity contribution is -0.265. The number of hydrogen-bond donors (Lipinski definition) is 2. The fraction of sp³-hybridized carbons (Fsp3) is 0.500. The van der Waals surface area contributed by atoms with Crippen LogP contribution in [0.15, 0.2) is 6.08 Å². The van der Waals surface area contributed by atoms with E-state index in [1.807, 2.05) is 0 Å². The average molecular weight is 246 g/mol. The van der Waals surface area contributed by atoms with Crippen LogP contribution in [0.5, 0.6) is 0 Å². The van der Waals surface area contributed by atoms with Crippen molar-refractivity contribution < 1.29 is 34.4 Å². The van der Waals surface area contributed by atoms with Gasteiger partial charge in [0, 0.05) is 0 Å². The molecule has 2 atom stereocenters. The number of Topliss-reactive ketones (excluding diaryl/α,β-unsaturated/α-hetero) is 3. The van der Waals surface area contributed by atoms with E-state index in [1.54, 1.807) is 12.9 Å². The summed E-state index contributed by atoms with van der Waals surface area (Å²) in [7, 11) is 0. The van der Waals surface area contributed by atoms with Gasteiger partial charge in [0.2, 0.25) is 11.6 Å². The van der Waals surface area contributed by atoms with Gasteiger partial charge in [0.05, 0.1) is 0 Å². The van der Waals surface area contributed by atoms with Crippen molar-refractivity contribution in [1.29, 1.82) is 0 Å². The number of carbonyl (C=O) groups excluding carboxylic acids is 4. The molecule has 0 radical (unpaired) electrons. The first-order chi connectivity index (χ1) is 7.83. The molecule has 0 aromatic heterocycles. The highest BCUT2D eigenvalue weighted by Gasteiger charge is 2.30. The zero-order chi connectivity index (χ0) is 14.0. The van der Waals surface area contributed by atoms with Crippen molar-refractivity contribution in [2.45, 2.75) is 33.0 Å². The van der Waals surface area contributed by atoms with E-state index in [2.05, 4.69) is 4.89 Å². The molecule has 0 fully saturated rings. The van der Waals surface area contributed by atoms with Gasteiger partial charge in [-0.15, -0.1) is 0 Å². The van der Waals surface area contributed by atoms with Crippen molar-refractivity contribution >= 4 is 23.3 Å². The molecular weight excluding hydrogens is 232 g/mol. The van der Waals surface area contributed by atoms with Gasteiger partial charge in [0.15, 0.2) is 6.10 Å². The van der Waals surface area contributed by atoms with Gasteiger partial charge in [-0.2, -0.15) is 0 Å². The molecule has 0 aromatic carbocycles. The Morgan fingerprint density at radius 2 is 1.65 bits per heavy atom. The number of hydrogen-bond acceptors (Lipinski definition) is 7. The molecule has 17 heavy (non-hydrogen) atoms. The molecule has 7 nitrogen and oxygen atoms in total. The Morgan fingerprint density at radius 3 is 1.88 bits per heavy atom. The summed E-state index contributed by atoms with van der Waals surface area (Å²) in [6.45, 7) is 3.81. The molecule has 0 aromatic rings. The van der Waals surface area contributed by atoms with Crippen LogP contribution in [0.3, 0.4) is 0 Å². The first-order valence-electron chi connectivity index (χ1n) is 4.59. The van der Waals surface area contributed by atoms with Crippen LogP contribution in [-0.4, -0.2) is 45.9 Å². The highest BCUT2D eigenvalue weighted by molar-refractivity contribution is 6.65. The van der Waals surface area contributed by atoms with Gasteiger partial charge in [-0.3, -0.25) is 19.6 Å². The van der Waals surface area contributed by atoms with Gasteiger partial charge in [-0.25, -0.2) is 9.68 Å². The first-order valence-corrected chi connectivity index (χ1v) is 4.59. The average Bonchev–Trinajstić information content (AvgIpc) is 2.34. The molecule has 0 rings (SSSR count). The second kappa shape index (κ2) is 9.56. The Labute approximate surface area is 97.6 Å². The maximum Gasteiger partial charge on any atom is 0.269 e. The second-order valence-electron chi connectivity index (χ2n) is 2.89. The van der Waals surface area contributed by atoms with E-state index in [1.165, 1.54) is 6.08 Å². The van der Waals surface area contributed by atoms with Crippen LogP contribution in [0.4, 0.5) is 0 Å². The largest absolute Gasteiger partial charge is 0.385 e. The second-order valence-corrected chi connectivity index (χ2v) is 2.89. The van der Waals surface area contributed by atoms with E-state index in [4.69, 9.17) is 15.2 Å². The van der Waals surface area contributed by atoms with Crippen LogP contribution in [0.2, 0.25) is 0 Å². The van der Waals surface area contributed by atoms with Gasteiger partial charge in [-0.05, 0) is 26.8 Å². The predicted octanol–water partition coefficient (Wildman–Crippen LogP) is -0.653. The number of aliphatic hydroxyl groups is 1. The lowest BCUT2D eigenvalue weighted by Crippen LogP contribution is -2.37. The maximum atomic E-state index is 10.9. The van der Waals surface area contributed by atoms with E-state index in [9.17, 15) is 14.4 Å². The summed E-state index contributed by atoms with van der Waals surface area (Å²) in [5, 5.41) is 16.7. The van der Waals surface area contributed by atoms with E-state index in [0.29, 0.717) is 0 Å². The monoisotopic (exact) mass is 246 g/mol. The van der Waals surface area contributed by atoms with Crippen LogP contribution in [-0.2, 0) is 24.1 Å². The molecule has 0 amide bonds. The molecule has 0 spiro atoms. The van der Waals surface area contributed by atoms with Gasteiger partial charge in [-0.1, -0.05) is 0 Å². The highest BCUT2D eigenvalue weighted by atomic mass is 17.1. The van der Waals surface area contributed by atoms with Gasteiger partial charge >= 0.3 is 0 Å². The number of allylic oxidation sites excluding steroid dienone is 1. The van der Waals surface area contributed by atoms with Gasteiger partial charge < -0.3 is 5.11 Å². The minimum atomic E-state index is -1.53. The molecule has 2 N–H and O–H groups in total. The Morgan fingerprint density at radius 1 is 1.24 bits per heavy atom. The number of aliphatic hydroxyl groups excluding tert-OH is 1. The molecule has 2 unspecified atom stereocenters. The minimum Gasteiger partial charge on any atom is -0.385 e. The normalized spacial score (nSPS) is 12.3. The molecule has 0 saturated carbocycles. The van der Waals surface area contributed by atoms with Crippen molar-refractivity contribution in [2.75, 3.05) is 0 Å². The van der Waals surface area contributed by atoms with E-state index >= 15 is 0 Å². The molecule has 0 bridgehead atoms. The fourth-order valence-corrected chi connectivity index (χ4v) is 0.544. The summed E-state index contributed by atoms with van der Waals surface area (Å²) < 4.78 is 0. The molecule has 0 saturated heterocycles. The van der Waals surface area contributed by atoms with E-state index in [0.717, 1.165) is 13.8 Å². The lowest BCUT2D eigenvalue weighted by Gasteiger charge is -2.05. The smallest absolute Gasteiger partial charge is 0.269 e. The molecular formula is C10H14O7. The summed E-state index contributed by atoms with van der Waals surface area (Å²) in [5.41, 5.74) is 0. The zero-order valence-electron chi connectivity index (χ0n) is 9.67. The van der Waals surface area contributed by atoms with Crippen molar-refractivity contribution in [3.05, 3.63) is 6.08 Å². The summed E-state index contributed by atoms with van der Waals surface area (Å²) in [6, 6.07) is 0. The summed E-state index contributed by atoms with van der Waals surface area (Å²) >= 11 is 0. The number of carbonyl (C=O) groups is 3. The Balaban J connectivity index is 0. The molecule has 0 aliphatic heterocycles. The Bertz CT molecular complexity index is 326. The van der Waals surface area contributed by atoms with Gasteiger partial charge in [0.25, 0.3) is 5.78 Å².